The molecule has 2 aliphatic rings. The minimum Gasteiger partial charge on any atom is -0.383 e. The van der Waals surface area contributed by atoms with E-state index in [4.69, 9.17) is 5.73 Å². The molecule has 1 atom stereocenters. The molecule has 2 aliphatic heterocycles. The van der Waals surface area contributed by atoms with Gasteiger partial charge in [0.05, 0.1) is 17.4 Å². The monoisotopic (exact) mass is 299 g/mol. The second-order valence-electron chi connectivity index (χ2n) is 5.46. The maximum atomic E-state index is 12.6. The van der Waals surface area contributed by atoms with Gasteiger partial charge in [0.15, 0.2) is 0 Å². The first-order valence-corrected chi connectivity index (χ1v) is 7.61. The summed E-state index contributed by atoms with van der Waals surface area (Å²) in [6.07, 6.45) is 8.53. The summed E-state index contributed by atoms with van der Waals surface area (Å²) < 4.78 is 0. The zero-order valence-electron chi connectivity index (χ0n) is 12.5. The van der Waals surface area contributed by atoms with E-state index in [2.05, 4.69) is 26.6 Å². The van der Waals surface area contributed by atoms with Crippen LogP contribution in [0.1, 0.15) is 16.8 Å². The molecule has 0 aromatic carbocycles. The molecule has 1 fully saturated rings. The summed E-state index contributed by atoms with van der Waals surface area (Å²) in [6.45, 7) is 3.97. The molecule has 3 rings (SSSR count). The van der Waals surface area contributed by atoms with Crippen molar-refractivity contribution in [2.75, 3.05) is 31.9 Å². The van der Waals surface area contributed by atoms with Crippen LogP contribution in [0.4, 0.5) is 5.82 Å². The molecule has 22 heavy (non-hydrogen) atoms. The van der Waals surface area contributed by atoms with Crippen molar-refractivity contribution >= 4 is 11.6 Å². The Morgan fingerprint density at radius 3 is 3.14 bits per heavy atom. The number of carbonyl (C=O) groups excluding carboxylic acids is 1. The highest BCUT2D eigenvalue weighted by molar-refractivity contribution is 6.11. The molecule has 3 heterocycles. The summed E-state index contributed by atoms with van der Waals surface area (Å²) in [5.74, 6) is 0.146. The molecule has 1 aromatic heterocycles. The third-order valence-corrected chi connectivity index (χ3v) is 3.96. The van der Waals surface area contributed by atoms with Crippen molar-refractivity contribution in [2.45, 2.75) is 12.6 Å². The summed E-state index contributed by atoms with van der Waals surface area (Å²) in [5, 5.41) is 6.70. The maximum absolute atomic E-state index is 12.6. The number of nitrogens with two attached hydrogens (primary N) is 1. The molecule has 0 saturated carbocycles. The van der Waals surface area contributed by atoms with Crippen LogP contribution < -0.4 is 16.4 Å². The second kappa shape index (κ2) is 6.72. The lowest BCUT2D eigenvalue weighted by Gasteiger charge is -2.31. The van der Waals surface area contributed by atoms with Gasteiger partial charge in [-0.1, -0.05) is 6.08 Å². The number of nitrogens with one attached hydrogen (secondary N) is 2. The van der Waals surface area contributed by atoms with E-state index in [1.165, 1.54) is 0 Å². The van der Waals surface area contributed by atoms with Crippen LogP contribution in [0, 0.1) is 0 Å². The molecule has 0 amide bonds. The molecule has 1 saturated heterocycles. The lowest BCUT2D eigenvalue weighted by atomic mass is 10.1. The van der Waals surface area contributed by atoms with Gasteiger partial charge in [-0.05, 0) is 37.3 Å². The highest BCUT2D eigenvalue weighted by Crippen LogP contribution is 2.16. The molecule has 0 aliphatic carbocycles. The molecule has 4 N–H and O–H groups in total. The third kappa shape index (κ3) is 3.18. The van der Waals surface area contributed by atoms with E-state index in [1.807, 2.05) is 6.08 Å². The number of dihydropyridines is 1. The number of carbonyl (C=O) groups is 1. The highest BCUT2D eigenvalue weighted by Gasteiger charge is 2.23. The van der Waals surface area contributed by atoms with Crippen LogP contribution >= 0.6 is 0 Å². The molecule has 1 aromatic rings. The average molecular weight is 299 g/mol. The standard InChI is InChI=1S/C16H21N5O/c17-16-12(4-2-8-19-16)15(22)13-5-1-6-14(20-13)21-10-3-7-18-9-11-21/h1-2,4-6,8,14,18,20H,3,7,9-11H2,(H2,17,19). The van der Waals surface area contributed by atoms with Gasteiger partial charge in [0, 0.05) is 25.8 Å². The summed E-state index contributed by atoms with van der Waals surface area (Å²) in [4.78, 5) is 18.9. The Hall–Kier alpha value is -2.18. The molecular formula is C16H21N5O. The first-order valence-electron chi connectivity index (χ1n) is 7.61. The predicted molar refractivity (Wildman–Crippen MR) is 86.2 cm³/mol. The molecule has 1 unspecified atom stereocenters. The van der Waals surface area contributed by atoms with Crippen molar-refractivity contribution in [2.24, 2.45) is 0 Å². The Bertz CT molecular complexity index is 602. The van der Waals surface area contributed by atoms with E-state index in [0.29, 0.717) is 11.3 Å². The van der Waals surface area contributed by atoms with E-state index < -0.39 is 0 Å². The summed E-state index contributed by atoms with van der Waals surface area (Å²) in [5.41, 5.74) is 6.80. The topological polar surface area (TPSA) is 83.3 Å². The van der Waals surface area contributed by atoms with Gasteiger partial charge in [-0.2, -0.15) is 0 Å². The molecule has 6 nitrogen and oxygen atoms in total. The summed E-state index contributed by atoms with van der Waals surface area (Å²) in [7, 11) is 0. The number of nitrogens with zero attached hydrogens (tertiary/aromatic N) is 2. The lowest BCUT2D eigenvalue weighted by Crippen LogP contribution is -2.47. The smallest absolute Gasteiger partial charge is 0.212 e. The number of anilines is 1. The SMILES string of the molecule is Nc1ncccc1C(=O)C1=CC=CC(N2CCCNCC2)N1. The average Bonchev–Trinajstić information content (AvgIpc) is 2.84. The van der Waals surface area contributed by atoms with E-state index in [9.17, 15) is 4.79 Å². The fourth-order valence-corrected chi connectivity index (χ4v) is 2.77. The number of nitrogen functional groups attached to an aromatic ring is 1. The number of allylic oxidation sites excluding steroid dienone is 3. The highest BCUT2D eigenvalue weighted by atomic mass is 16.1. The summed E-state index contributed by atoms with van der Waals surface area (Å²) in [6, 6.07) is 3.43. The van der Waals surface area contributed by atoms with Gasteiger partial charge in [-0.3, -0.25) is 9.69 Å². The van der Waals surface area contributed by atoms with Gasteiger partial charge in [0.2, 0.25) is 5.78 Å². The molecule has 0 bridgehead atoms. The van der Waals surface area contributed by atoms with Gasteiger partial charge in [-0.25, -0.2) is 4.98 Å². The van der Waals surface area contributed by atoms with Crippen LogP contribution in [0.5, 0.6) is 0 Å². The van der Waals surface area contributed by atoms with E-state index in [0.717, 1.165) is 32.6 Å². The van der Waals surface area contributed by atoms with Gasteiger partial charge >= 0.3 is 0 Å². The number of ketones is 1. The Balaban J connectivity index is 1.73. The Kier molecular flexibility index (Phi) is 4.50. The van der Waals surface area contributed by atoms with Crippen molar-refractivity contribution in [3.8, 4) is 0 Å². The number of aromatic nitrogens is 1. The lowest BCUT2D eigenvalue weighted by molar-refractivity contribution is 0.101. The number of hydrogen-bond acceptors (Lipinski definition) is 6. The maximum Gasteiger partial charge on any atom is 0.212 e. The van der Waals surface area contributed by atoms with Crippen LogP contribution in [-0.2, 0) is 0 Å². The number of hydrogen-bond donors (Lipinski definition) is 3. The molecule has 0 spiro atoms. The largest absolute Gasteiger partial charge is 0.383 e. The van der Waals surface area contributed by atoms with Gasteiger partial charge in [0.25, 0.3) is 0 Å². The van der Waals surface area contributed by atoms with Crippen LogP contribution in [0.25, 0.3) is 0 Å². The number of pyridine rings is 1. The Morgan fingerprint density at radius 1 is 1.36 bits per heavy atom. The van der Waals surface area contributed by atoms with Crippen molar-refractivity contribution < 1.29 is 4.79 Å². The summed E-state index contributed by atoms with van der Waals surface area (Å²) >= 11 is 0. The predicted octanol–water partition coefficient (Wildman–Crippen LogP) is 0.511. The molecular weight excluding hydrogens is 278 g/mol. The third-order valence-electron chi connectivity index (χ3n) is 3.96. The van der Waals surface area contributed by atoms with Crippen molar-refractivity contribution in [3.63, 3.8) is 0 Å². The van der Waals surface area contributed by atoms with Gasteiger partial charge in [-0.15, -0.1) is 0 Å². The Morgan fingerprint density at radius 2 is 2.27 bits per heavy atom. The van der Waals surface area contributed by atoms with Crippen molar-refractivity contribution in [1.82, 2.24) is 20.5 Å². The first kappa shape index (κ1) is 14.7. The van der Waals surface area contributed by atoms with Crippen LogP contribution in [-0.4, -0.2) is 48.0 Å². The normalized spacial score (nSPS) is 22.5. The molecule has 116 valence electrons. The van der Waals surface area contributed by atoms with E-state index >= 15 is 0 Å². The van der Waals surface area contributed by atoms with Gasteiger partial charge < -0.3 is 16.4 Å². The quantitative estimate of drug-likeness (QED) is 0.706. The van der Waals surface area contributed by atoms with Crippen molar-refractivity contribution in [1.29, 1.82) is 0 Å². The van der Waals surface area contributed by atoms with Crippen LogP contribution in [0.2, 0.25) is 0 Å². The number of rotatable bonds is 3. The van der Waals surface area contributed by atoms with Gasteiger partial charge in [0.1, 0.15) is 5.82 Å². The molecule has 0 radical (unpaired) electrons. The van der Waals surface area contributed by atoms with E-state index in [-0.39, 0.29) is 17.8 Å². The number of Topliss-reactive ketones (excluding diaryl/α,β-unsaturated/α-hetero) is 1. The zero-order chi connectivity index (χ0) is 15.4. The fraction of sp³-hybridized carbons (Fsp3) is 0.375. The van der Waals surface area contributed by atoms with Crippen LogP contribution in [0.15, 0.2) is 42.3 Å². The fourth-order valence-electron chi connectivity index (χ4n) is 2.77. The zero-order valence-corrected chi connectivity index (χ0v) is 12.5. The Labute approximate surface area is 130 Å². The minimum absolute atomic E-state index is 0.0433. The minimum atomic E-state index is -0.118. The van der Waals surface area contributed by atoms with E-state index in [1.54, 1.807) is 24.4 Å². The first-order chi connectivity index (χ1) is 10.8. The molecule has 6 heteroatoms. The second-order valence-corrected chi connectivity index (χ2v) is 5.46. The van der Waals surface area contributed by atoms with Crippen LogP contribution in [0.3, 0.4) is 0 Å². The van der Waals surface area contributed by atoms with Crippen molar-refractivity contribution in [3.05, 3.63) is 47.8 Å².